The molecular weight excluding hydrogens is 290 g/mol. The quantitative estimate of drug-likeness (QED) is 0.748. The van der Waals surface area contributed by atoms with Crippen LogP contribution in [0.5, 0.6) is 0 Å². The van der Waals surface area contributed by atoms with Crippen molar-refractivity contribution in [3.63, 3.8) is 0 Å². The molecule has 0 aliphatic heterocycles. The second-order valence-electron chi connectivity index (χ2n) is 4.76. The van der Waals surface area contributed by atoms with Crippen LogP contribution >= 0.6 is 0 Å². The molecule has 1 amide bonds. The lowest BCUT2D eigenvalue weighted by atomic mass is 10.3. The Bertz CT molecular complexity index is 459. The van der Waals surface area contributed by atoms with Gasteiger partial charge in [-0.1, -0.05) is 0 Å². The minimum absolute atomic E-state index is 0.0791. The van der Waals surface area contributed by atoms with Crippen LogP contribution in [-0.4, -0.2) is 32.5 Å². The van der Waals surface area contributed by atoms with E-state index in [4.69, 9.17) is 0 Å². The molecule has 116 valence electrons. The summed E-state index contributed by atoms with van der Waals surface area (Å²) in [5.41, 5.74) is 4.50. The fourth-order valence-electron chi connectivity index (χ4n) is 1.57. The maximum Gasteiger partial charge on any atom is 0.242 e. The van der Waals surface area contributed by atoms with Crippen LogP contribution in [0.3, 0.4) is 0 Å². The zero-order valence-corrected chi connectivity index (χ0v) is 12.3. The summed E-state index contributed by atoms with van der Waals surface area (Å²) >= 11 is 0. The molecule has 3 N–H and O–H groups in total. The van der Waals surface area contributed by atoms with E-state index < -0.39 is 38.9 Å². The molecule has 2 saturated carbocycles. The van der Waals surface area contributed by atoms with Gasteiger partial charge in [-0.15, -0.1) is 12.8 Å². The Morgan fingerprint density at radius 2 is 1.80 bits per heavy atom. The molecule has 2 rings (SSSR count). The van der Waals surface area contributed by atoms with E-state index in [1.165, 1.54) is 7.05 Å². The number of alkyl halides is 2. The van der Waals surface area contributed by atoms with E-state index in [1.807, 2.05) is 4.72 Å². The van der Waals surface area contributed by atoms with E-state index in [-0.39, 0.29) is 6.42 Å². The molecular formula is C12H20F2N2O3S. The van der Waals surface area contributed by atoms with E-state index in [2.05, 4.69) is 18.6 Å². The van der Waals surface area contributed by atoms with Crippen molar-refractivity contribution >= 4 is 15.9 Å². The highest BCUT2D eigenvalue weighted by molar-refractivity contribution is 7.91. The number of nitrogens with two attached hydrogens (primary N) is 1. The first kappa shape index (κ1) is 18.8. The molecule has 0 bridgehead atoms. The van der Waals surface area contributed by atoms with Crippen molar-refractivity contribution in [1.82, 2.24) is 4.72 Å². The minimum Gasteiger partial charge on any atom is -0.333 e. The predicted octanol–water partition coefficient (Wildman–Crippen LogP) is 0.710. The number of rotatable bonds is 4. The largest absolute Gasteiger partial charge is 0.333 e. The molecule has 0 aromatic carbocycles. The summed E-state index contributed by atoms with van der Waals surface area (Å²) in [4.78, 5) is 11.4. The number of terminal acetylenes is 1. The smallest absolute Gasteiger partial charge is 0.242 e. The summed E-state index contributed by atoms with van der Waals surface area (Å²) in [6.45, 7) is 1.54. The molecule has 0 aromatic rings. The number of carbonyl (C=O) groups excluding carboxylic acids is 1. The van der Waals surface area contributed by atoms with Crippen molar-refractivity contribution in [2.75, 3.05) is 7.05 Å². The molecule has 1 unspecified atom stereocenters. The van der Waals surface area contributed by atoms with Gasteiger partial charge in [-0.05, 0) is 33.2 Å². The van der Waals surface area contributed by atoms with Crippen molar-refractivity contribution in [2.24, 2.45) is 17.6 Å². The van der Waals surface area contributed by atoms with Crippen LogP contribution in [0.1, 0.15) is 26.2 Å². The maximum atomic E-state index is 12.2. The molecule has 2 fully saturated rings. The van der Waals surface area contributed by atoms with Crippen molar-refractivity contribution in [1.29, 1.82) is 0 Å². The zero-order valence-electron chi connectivity index (χ0n) is 11.5. The normalized spacial score (nSPS) is 25.4. The van der Waals surface area contributed by atoms with Gasteiger partial charge in [-0.3, -0.25) is 9.52 Å². The average Bonchev–Trinajstić information content (AvgIpc) is 3.27. The van der Waals surface area contributed by atoms with Gasteiger partial charge >= 0.3 is 0 Å². The van der Waals surface area contributed by atoms with E-state index in [9.17, 15) is 22.0 Å². The Labute approximate surface area is 118 Å². The van der Waals surface area contributed by atoms with Gasteiger partial charge < -0.3 is 5.73 Å². The Hall–Kier alpha value is -1.20. The monoisotopic (exact) mass is 310 g/mol. The highest BCUT2D eigenvalue weighted by Crippen LogP contribution is 2.45. The maximum absolute atomic E-state index is 12.2. The van der Waals surface area contributed by atoms with Crippen LogP contribution in [0.4, 0.5) is 8.78 Å². The lowest BCUT2D eigenvalue weighted by Gasteiger charge is -2.11. The third-order valence-corrected chi connectivity index (χ3v) is 5.51. The topological polar surface area (TPSA) is 89.3 Å². The summed E-state index contributed by atoms with van der Waals surface area (Å²) < 4.78 is 48.6. The highest BCUT2D eigenvalue weighted by Gasteiger charge is 2.54. The molecule has 8 heteroatoms. The van der Waals surface area contributed by atoms with Gasteiger partial charge in [0, 0.05) is 11.8 Å². The molecule has 0 heterocycles. The number of hydrogen-bond donors (Lipinski definition) is 2. The van der Waals surface area contributed by atoms with Crippen LogP contribution in [0.25, 0.3) is 0 Å². The van der Waals surface area contributed by atoms with Crippen LogP contribution in [0.15, 0.2) is 0 Å². The third-order valence-electron chi connectivity index (χ3n) is 3.34. The van der Waals surface area contributed by atoms with Crippen LogP contribution in [-0.2, 0) is 14.8 Å². The molecule has 0 aromatic heterocycles. The first-order valence-corrected chi connectivity index (χ1v) is 7.50. The highest BCUT2D eigenvalue weighted by atomic mass is 32.2. The number of hydrogen-bond acceptors (Lipinski definition) is 4. The van der Waals surface area contributed by atoms with Gasteiger partial charge in [0.1, 0.15) is 0 Å². The second-order valence-corrected chi connectivity index (χ2v) is 6.96. The lowest BCUT2D eigenvalue weighted by Crippen LogP contribution is -2.39. The summed E-state index contributed by atoms with van der Waals surface area (Å²) in [6.07, 6.45) is 6.56. The number of nitrogens with one attached hydrogen (secondary N) is 1. The van der Waals surface area contributed by atoms with E-state index in [0.717, 1.165) is 0 Å². The molecule has 2 aliphatic carbocycles. The van der Waals surface area contributed by atoms with E-state index in [0.29, 0.717) is 12.8 Å². The Kier molecular flexibility index (Phi) is 6.58. The summed E-state index contributed by atoms with van der Waals surface area (Å²) in [7, 11) is -2.18. The molecule has 20 heavy (non-hydrogen) atoms. The van der Waals surface area contributed by atoms with E-state index in [1.54, 1.807) is 6.92 Å². The minimum atomic E-state index is -3.68. The molecule has 2 atom stereocenters. The van der Waals surface area contributed by atoms with Crippen molar-refractivity contribution in [3.8, 4) is 12.8 Å². The first-order valence-electron chi connectivity index (χ1n) is 6.02. The average molecular weight is 310 g/mol. The fourth-order valence-corrected chi connectivity index (χ4v) is 2.87. The number of halogens is 2. The van der Waals surface area contributed by atoms with E-state index >= 15 is 0 Å². The molecule has 2 aliphatic rings. The van der Waals surface area contributed by atoms with Crippen molar-refractivity contribution in [2.45, 2.75) is 37.4 Å². The number of sulfonamides is 1. The zero-order chi connectivity index (χ0) is 16.1. The predicted molar refractivity (Wildman–Crippen MR) is 72.3 cm³/mol. The molecule has 5 nitrogen and oxygen atoms in total. The van der Waals surface area contributed by atoms with Crippen LogP contribution in [0, 0.1) is 24.7 Å². The second kappa shape index (κ2) is 6.99. The summed E-state index contributed by atoms with van der Waals surface area (Å²) in [6, 6.07) is 0. The Morgan fingerprint density at radius 1 is 1.35 bits per heavy atom. The molecule has 0 radical (unpaired) electrons. The van der Waals surface area contributed by atoms with Gasteiger partial charge in [0.15, 0.2) is 0 Å². The standard InChI is InChI=1S/C9H13F2NO3S.C2H2.CH5N/c1-9(2-3-9)16(14,15)12-8(13)6-4-5(6)7(10)11;2*1-2/h5-7H,2-4H2,1H3,(H,12,13);1-2H;2H2,1H3/t5?,6-;;/m0../s1. The van der Waals surface area contributed by atoms with Crippen LogP contribution < -0.4 is 10.5 Å². The molecule has 0 spiro atoms. The van der Waals surface area contributed by atoms with Gasteiger partial charge in [0.05, 0.1) is 4.75 Å². The summed E-state index contributed by atoms with van der Waals surface area (Å²) in [5, 5.41) is 0. The SMILES string of the molecule is C#C.CC1(S(=O)(=O)NC(=O)[C@H]2CC2C(F)F)CC1.CN. The molecule has 0 saturated heterocycles. The van der Waals surface area contributed by atoms with Crippen LogP contribution in [0.2, 0.25) is 0 Å². The first-order chi connectivity index (χ1) is 9.27. The van der Waals surface area contributed by atoms with Gasteiger partial charge in [-0.2, -0.15) is 0 Å². The Balaban J connectivity index is 0.000000829. The third kappa shape index (κ3) is 4.15. The Morgan fingerprint density at radius 3 is 2.10 bits per heavy atom. The summed E-state index contributed by atoms with van der Waals surface area (Å²) in [5.74, 6) is -2.59. The lowest BCUT2D eigenvalue weighted by molar-refractivity contribution is -0.121. The van der Waals surface area contributed by atoms with Gasteiger partial charge in [-0.25, -0.2) is 17.2 Å². The van der Waals surface area contributed by atoms with Crippen molar-refractivity contribution < 1.29 is 22.0 Å². The van der Waals surface area contributed by atoms with Crippen molar-refractivity contribution in [3.05, 3.63) is 0 Å². The van der Waals surface area contributed by atoms with Gasteiger partial charge in [0.25, 0.3) is 0 Å². The number of carbonyl (C=O) groups is 1. The fraction of sp³-hybridized carbons (Fsp3) is 0.750. The van der Waals surface area contributed by atoms with Gasteiger partial charge in [0.2, 0.25) is 22.4 Å². The number of amides is 1.